The number of fused-ring (bicyclic) bond motifs is 3. The molecular formula is C23H22ClN3O2. The molecule has 6 heteroatoms. The third-order valence-electron chi connectivity index (χ3n) is 5.10. The first kappa shape index (κ1) is 19.3. The van der Waals surface area contributed by atoms with Crippen molar-refractivity contribution in [1.82, 2.24) is 9.97 Å². The van der Waals surface area contributed by atoms with Crippen molar-refractivity contribution < 1.29 is 4.79 Å². The highest BCUT2D eigenvalue weighted by molar-refractivity contribution is 6.31. The van der Waals surface area contributed by atoms with Crippen molar-refractivity contribution in [2.45, 2.75) is 26.7 Å². The molecule has 2 N–H and O–H groups in total. The molecule has 0 spiro atoms. The molecule has 0 atom stereocenters. The van der Waals surface area contributed by atoms with E-state index in [0.29, 0.717) is 11.4 Å². The van der Waals surface area contributed by atoms with E-state index in [1.165, 1.54) is 0 Å². The Labute approximate surface area is 173 Å². The second kappa shape index (κ2) is 7.76. The fraction of sp³-hybridized carbons (Fsp3) is 0.217. The predicted molar refractivity (Wildman–Crippen MR) is 120 cm³/mol. The minimum Gasteiger partial charge on any atom is -0.353 e. The van der Waals surface area contributed by atoms with Crippen LogP contribution in [0.5, 0.6) is 0 Å². The van der Waals surface area contributed by atoms with Gasteiger partial charge in [-0.2, -0.15) is 0 Å². The number of anilines is 1. The molecule has 5 rings (SSSR count). The number of nitrogens with zero attached hydrogens (tertiary/aromatic N) is 1. The van der Waals surface area contributed by atoms with Gasteiger partial charge >= 0.3 is 0 Å². The van der Waals surface area contributed by atoms with Crippen LogP contribution in [0.25, 0.3) is 33.1 Å². The van der Waals surface area contributed by atoms with Crippen LogP contribution in [0, 0.1) is 0 Å². The number of carbonyl (C=O) groups excluding carboxylic acids is 1. The van der Waals surface area contributed by atoms with Gasteiger partial charge in [0.2, 0.25) is 11.5 Å². The number of aromatic amines is 2. The average Bonchev–Trinajstić information content (AvgIpc) is 3.32. The molecule has 0 saturated carbocycles. The van der Waals surface area contributed by atoms with Gasteiger partial charge in [0.25, 0.3) is 0 Å². The second-order valence-corrected chi connectivity index (χ2v) is 7.25. The van der Waals surface area contributed by atoms with Gasteiger partial charge in [0.1, 0.15) is 0 Å². The minimum absolute atomic E-state index is 0.142. The number of halogens is 1. The topological polar surface area (TPSA) is 69.0 Å². The summed E-state index contributed by atoms with van der Waals surface area (Å²) in [4.78, 5) is 32.5. The highest BCUT2D eigenvalue weighted by Crippen LogP contribution is 2.34. The van der Waals surface area contributed by atoms with Gasteiger partial charge in [0.15, 0.2) is 0 Å². The molecule has 1 fully saturated rings. The molecular weight excluding hydrogens is 386 g/mol. The highest BCUT2D eigenvalue weighted by atomic mass is 35.5. The molecule has 4 aromatic rings. The number of pyridine rings is 1. The fourth-order valence-corrected chi connectivity index (χ4v) is 4.02. The Morgan fingerprint density at radius 1 is 0.966 bits per heavy atom. The summed E-state index contributed by atoms with van der Waals surface area (Å²) in [5, 5.41) is 1.49. The standard InChI is InChI=1S/C21H16ClN3O2.C2H6/c22-13-6-7-17-16(10-13)21-20(23-17)15(11-18(26)24-21)12-3-1-4-14(9-12)25-8-2-5-19(25)27;1-2/h1,3-4,6-7,9-11,23H,2,5,8H2,(H,24,26);1-2H3. The van der Waals surface area contributed by atoms with Gasteiger partial charge in [-0.15, -0.1) is 0 Å². The number of nitrogens with one attached hydrogen (secondary N) is 2. The lowest BCUT2D eigenvalue weighted by molar-refractivity contribution is -0.117. The van der Waals surface area contributed by atoms with Crippen molar-refractivity contribution in [3.63, 3.8) is 0 Å². The number of hydrogen-bond donors (Lipinski definition) is 2. The molecule has 0 bridgehead atoms. The number of aromatic nitrogens is 2. The van der Waals surface area contributed by atoms with Gasteiger partial charge in [-0.25, -0.2) is 0 Å². The van der Waals surface area contributed by atoms with E-state index in [4.69, 9.17) is 11.6 Å². The number of H-pyrrole nitrogens is 2. The van der Waals surface area contributed by atoms with Crippen LogP contribution in [0.15, 0.2) is 53.3 Å². The van der Waals surface area contributed by atoms with Crippen molar-refractivity contribution >= 4 is 45.1 Å². The molecule has 0 aliphatic carbocycles. The molecule has 2 aromatic carbocycles. The first-order valence-corrected chi connectivity index (χ1v) is 10.2. The number of hydrogen-bond acceptors (Lipinski definition) is 2. The van der Waals surface area contributed by atoms with Crippen molar-refractivity contribution in [1.29, 1.82) is 0 Å². The Hall–Kier alpha value is -3.05. The van der Waals surface area contributed by atoms with E-state index in [9.17, 15) is 9.59 Å². The number of benzene rings is 2. The Bertz CT molecular complexity index is 1270. The van der Waals surface area contributed by atoms with E-state index < -0.39 is 0 Å². The third-order valence-corrected chi connectivity index (χ3v) is 5.33. The Morgan fingerprint density at radius 2 is 1.79 bits per heavy atom. The molecule has 0 radical (unpaired) electrons. The lowest BCUT2D eigenvalue weighted by atomic mass is 10.0. The zero-order valence-corrected chi connectivity index (χ0v) is 17.1. The smallest absolute Gasteiger partial charge is 0.249 e. The van der Waals surface area contributed by atoms with Crippen LogP contribution in [0.4, 0.5) is 5.69 Å². The average molecular weight is 408 g/mol. The molecule has 5 nitrogen and oxygen atoms in total. The first-order chi connectivity index (χ1) is 14.1. The minimum atomic E-state index is -0.180. The van der Waals surface area contributed by atoms with E-state index in [2.05, 4.69) is 9.97 Å². The largest absolute Gasteiger partial charge is 0.353 e. The van der Waals surface area contributed by atoms with E-state index >= 15 is 0 Å². The van der Waals surface area contributed by atoms with Crippen molar-refractivity contribution in [2.24, 2.45) is 0 Å². The first-order valence-electron chi connectivity index (χ1n) is 9.85. The lowest BCUT2D eigenvalue weighted by Crippen LogP contribution is -2.23. The molecule has 148 valence electrons. The molecule has 1 amide bonds. The Balaban J connectivity index is 0.000000994. The fourth-order valence-electron chi connectivity index (χ4n) is 3.85. The summed E-state index contributed by atoms with van der Waals surface area (Å²) in [6.45, 7) is 4.73. The van der Waals surface area contributed by atoms with Crippen molar-refractivity contribution in [2.75, 3.05) is 11.4 Å². The third kappa shape index (κ3) is 3.42. The van der Waals surface area contributed by atoms with E-state index in [-0.39, 0.29) is 11.5 Å². The maximum atomic E-state index is 12.3. The second-order valence-electron chi connectivity index (χ2n) is 6.81. The number of amides is 1. The molecule has 1 aliphatic rings. The SMILES string of the molecule is CC.O=C1CCCN1c1cccc(-c2cc(=O)[nH]c3c2[nH]c2ccc(Cl)cc23)c1. The molecule has 1 aliphatic heterocycles. The van der Waals surface area contributed by atoms with Crippen LogP contribution in [-0.4, -0.2) is 22.4 Å². The number of carbonyl (C=O) groups is 1. The monoisotopic (exact) mass is 407 g/mol. The van der Waals surface area contributed by atoms with Crippen molar-refractivity contribution in [3.8, 4) is 11.1 Å². The highest BCUT2D eigenvalue weighted by Gasteiger charge is 2.22. The zero-order chi connectivity index (χ0) is 20.5. The van der Waals surface area contributed by atoms with Crippen LogP contribution in [0.1, 0.15) is 26.7 Å². The maximum absolute atomic E-state index is 12.3. The van der Waals surface area contributed by atoms with Crippen LogP contribution < -0.4 is 10.5 Å². The van der Waals surface area contributed by atoms with Gasteiger partial charge in [0, 0.05) is 46.2 Å². The van der Waals surface area contributed by atoms with E-state index in [1.807, 2.05) is 56.3 Å². The van der Waals surface area contributed by atoms with Gasteiger partial charge in [-0.1, -0.05) is 37.6 Å². The summed E-state index contributed by atoms with van der Waals surface area (Å²) in [6.07, 6.45) is 1.46. The molecule has 3 heterocycles. The summed E-state index contributed by atoms with van der Waals surface area (Å²) >= 11 is 6.14. The molecule has 1 saturated heterocycles. The normalized spacial score (nSPS) is 13.8. The van der Waals surface area contributed by atoms with Crippen LogP contribution in [-0.2, 0) is 4.79 Å². The summed E-state index contributed by atoms with van der Waals surface area (Å²) < 4.78 is 0. The molecule has 2 aromatic heterocycles. The summed E-state index contributed by atoms with van der Waals surface area (Å²) in [7, 11) is 0. The molecule has 0 unspecified atom stereocenters. The molecule has 29 heavy (non-hydrogen) atoms. The maximum Gasteiger partial charge on any atom is 0.249 e. The Kier molecular flexibility index (Phi) is 5.16. The quantitative estimate of drug-likeness (QED) is 0.461. The van der Waals surface area contributed by atoms with E-state index in [0.717, 1.165) is 51.7 Å². The summed E-state index contributed by atoms with van der Waals surface area (Å²) in [6, 6.07) is 14.9. The van der Waals surface area contributed by atoms with Gasteiger partial charge in [0.05, 0.1) is 11.0 Å². The van der Waals surface area contributed by atoms with Gasteiger partial charge in [-0.05, 0) is 42.3 Å². The van der Waals surface area contributed by atoms with Crippen LogP contribution in [0.3, 0.4) is 0 Å². The summed E-state index contributed by atoms with van der Waals surface area (Å²) in [5.41, 5.74) is 4.86. The van der Waals surface area contributed by atoms with Crippen molar-refractivity contribution in [3.05, 3.63) is 63.9 Å². The van der Waals surface area contributed by atoms with Crippen LogP contribution >= 0.6 is 11.6 Å². The Morgan fingerprint density at radius 3 is 2.55 bits per heavy atom. The summed E-state index contributed by atoms with van der Waals surface area (Å²) in [5.74, 6) is 0.142. The lowest BCUT2D eigenvalue weighted by Gasteiger charge is -2.16. The predicted octanol–water partition coefficient (Wildman–Crippen LogP) is 5.48. The van der Waals surface area contributed by atoms with Gasteiger partial charge in [-0.3, -0.25) is 9.59 Å². The zero-order valence-electron chi connectivity index (χ0n) is 16.4. The van der Waals surface area contributed by atoms with Gasteiger partial charge < -0.3 is 14.9 Å². The van der Waals surface area contributed by atoms with Crippen LogP contribution in [0.2, 0.25) is 5.02 Å². The van der Waals surface area contributed by atoms with E-state index in [1.54, 1.807) is 11.0 Å². The number of rotatable bonds is 2.